The second-order valence-corrected chi connectivity index (χ2v) is 21.4. The molecule has 0 amide bonds. The fourth-order valence-corrected chi connectivity index (χ4v) is 12.9. The predicted octanol–water partition coefficient (Wildman–Crippen LogP) is 19.5. The maximum Gasteiger partial charge on any atom is 0.233 e. The van der Waals surface area contributed by atoms with E-state index in [1.165, 1.54) is 16.2 Å². The summed E-state index contributed by atoms with van der Waals surface area (Å²) in [6.45, 7) is 0. The van der Waals surface area contributed by atoms with Gasteiger partial charge in [0.15, 0.2) is 0 Å². The third kappa shape index (κ3) is 8.22. The Kier molecular flexibility index (Phi) is 11.8. The summed E-state index contributed by atoms with van der Waals surface area (Å²) in [5, 5.41) is 6.94. The molecule has 0 N–H and O–H groups in total. The molecule has 0 fully saturated rings. The number of aromatic nitrogens is 3. The van der Waals surface area contributed by atoms with Gasteiger partial charge in [0.2, 0.25) is 5.96 Å². The minimum absolute atomic E-state index is 0.453. The minimum Gasteiger partial charge on any atom is -0.318 e. The first-order valence-corrected chi connectivity index (χ1v) is 28.7. The smallest absolute Gasteiger partial charge is 0.233 e. The molecule has 0 bridgehead atoms. The monoisotopic (exact) mass is 1080 g/mol. The molecule has 0 spiro atoms. The van der Waals surface area contributed by atoms with Gasteiger partial charge in [0.25, 0.3) is 0 Å². The summed E-state index contributed by atoms with van der Waals surface area (Å²) in [6, 6.07) is 111. The van der Waals surface area contributed by atoms with Crippen LogP contribution in [0.15, 0.2) is 319 Å². The van der Waals surface area contributed by atoms with Crippen molar-refractivity contribution in [2.45, 2.75) is 12.6 Å². The third-order valence-corrected chi connectivity index (χ3v) is 16.5. The van der Waals surface area contributed by atoms with Crippen molar-refractivity contribution in [2.75, 3.05) is 14.7 Å². The van der Waals surface area contributed by atoms with Gasteiger partial charge in [0.05, 0.1) is 33.1 Å². The van der Waals surface area contributed by atoms with E-state index >= 15 is 0 Å². The molecule has 8 nitrogen and oxygen atoms in total. The van der Waals surface area contributed by atoms with Crippen molar-refractivity contribution in [1.29, 1.82) is 0 Å². The first-order chi connectivity index (χ1) is 41.7. The molecule has 0 saturated heterocycles. The molecule has 12 aromatic carbocycles. The number of benzene rings is 12. The van der Waals surface area contributed by atoms with Gasteiger partial charge in [0, 0.05) is 89.9 Å². The largest absolute Gasteiger partial charge is 0.318 e. The summed E-state index contributed by atoms with van der Waals surface area (Å²) in [4.78, 5) is 19.0. The van der Waals surface area contributed by atoms with Crippen LogP contribution >= 0.6 is 0 Å². The molecule has 1 aliphatic rings. The molecule has 0 radical (unpaired) electrons. The van der Waals surface area contributed by atoms with Crippen molar-refractivity contribution in [1.82, 2.24) is 13.7 Å². The van der Waals surface area contributed by atoms with E-state index in [0.717, 1.165) is 106 Å². The maximum atomic E-state index is 5.99. The van der Waals surface area contributed by atoms with Crippen molar-refractivity contribution >= 4 is 117 Å². The average Bonchev–Trinajstić information content (AvgIpc) is 2.80. The van der Waals surface area contributed by atoms with E-state index in [1.54, 1.807) is 0 Å². The highest BCUT2D eigenvalue weighted by molar-refractivity contribution is 6.20. The van der Waals surface area contributed by atoms with Gasteiger partial charge in [-0.1, -0.05) is 176 Å². The van der Waals surface area contributed by atoms with Crippen LogP contribution in [0.2, 0.25) is 0 Å². The molecule has 16 rings (SSSR count). The Morgan fingerprint density at radius 3 is 1.19 bits per heavy atom. The maximum absolute atomic E-state index is 5.99. The Balaban J connectivity index is 0.956. The van der Waals surface area contributed by atoms with E-state index in [9.17, 15) is 0 Å². The Morgan fingerprint density at radius 1 is 0.274 bits per heavy atom. The van der Waals surface area contributed by atoms with Crippen LogP contribution in [0.1, 0.15) is 6.42 Å². The summed E-state index contributed by atoms with van der Waals surface area (Å²) in [7, 11) is 0. The molecule has 1 aliphatic heterocycles. The molecule has 4 heterocycles. The van der Waals surface area contributed by atoms with Gasteiger partial charge < -0.3 is 18.9 Å². The van der Waals surface area contributed by atoms with Gasteiger partial charge in [-0.3, -0.25) is 9.47 Å². The van der Waals surface area contributed by atoms with Crippen molar-refractivity contribution in [2.24, 2.45) is 9.98 Å². The minimum atomic E-state index is -0.499. The highest BCUT2D eigenvalue weighted by atomic mass is 15.4. The van der Waals surface area contributed by atoms with Crippen LogP contribution in [0, 0.1) is 0 Å². The van der Waals surface area contributed by atoms with Crippen LogP contribution in [0.3, 0.4) is 0 Å². The average molecular weight is 1080 g/mol. The second kappa shape index (κ2) is 20.4. The highest BCUT2D eigenvalue weighted by Gasteiger charge is 2.33. The Hall–Kier alpha value is -11.2. The molecule has 3 aromatic heterocycles. The lowest BCUT2D eigenvalue weighted by Crippen LogP contribution is -2.41. The van der Waals surface area contributed by atoms with Crippen LogP contribution in [0.25, 0.3) is 76.8 Å². The number of amidine groups is 1. The Bertz CT molecular complexity index is 4950. The zero-order chi connectivity index (χ0) is 55.5. The van der Waals surface area contributed by atoms with E-state index in [2.05, 4.69) is 338 Å². The number of aliphatic imine (C=N–C) groups is 2. The summed E-state index contributed by atoms with van der Waals surface area (Å²) in [6.07, 6.45) is -0.0454. The molecule has 1 unspecified atom stereocenters. The Morgan fingerprint density at radius 2 is 0.643 bits per heavy atom. The van der Waals surface area contributed by atoms with Gasteiger partial charge in [-0.05, 0) is 133 Å². The number of hydrogen-bond donors (Lipinski definition) is 0. The van der Waals surface area contributed by atoms with Gasteiger partial charge >= 0.3 is 0 Å². The standard InChI is InChI=1S/C76H54N8/c1-7-25-53(26-8-1)79(54-27-9-2-10-28-54)60-43-46-66-63-38-20-24-42-70(63)84(73(66)50-60)76-77-74(80(55-29-11-3-12-30-55)59-45-48-71-67(49-59)64-39-21-23-41-69(64)82(71)57-33-15-5-16-34-57)52-75(78-76)81(56-31-13-4-14-32-56)61-44-47-65-62-37-19-22-40-68(62)83(72(65)51-61)58-35-17-6-18-36-58/h1-51,75H,52H2. The van der Waals surface area contributed by atoms with Crippen LogP contribution in [0.4, 0.5) is 39.8 Å². The van der Waals surface area contributed by atoms with E-state index in [0.29, 0.717) is 12.4 Å². The van der Waals surface area contributed by atoms with Gasteiger partial charge in [-0.25, -0.2) is 4.99 Å². The van der Waals surface area contributed by atoms with Crippen molar-refractivity contribution in [3.8, 4) is 11.4 Å². The van der Waals surface area contributed by atoms with Crippen molar-refractivity contribution < 1.29 is 0 Å². The van der Waals surface area contributed by atoms with Crippen LogP contribution in [-0.2, 0) is 0 Å². The SMILES string of the molecule is c1ccc(N(C2=NC(n3c4ccccc4c4ccc(N(c5ccccc5)c5ccccc5)cc43)=NC(N(c3ccccc3)c3ccc4c5ccccc5n(-c5ccccc5)c4c3)C2)c2ccc3c(c2)c2ccccc2n3-c2ccccc2)cc1. The molecule has 15 aromatic rings. The lowest BCUT2D eigenvalue weighted by molar-refractivity contribution is 0.693. The zero-order valence-corrected chi connectivity index (χ0v) is 45.8. The number of nitrogens with zero attached hydrogens (tertiary/aromatic N) is 8. The first-order valence-electron chi connectivity index (χ1n) is 28.7. The van der Waals surface area contributed by atoms with Crippen LogP contribution in [0.5, 0.6) is 0 Å². The van der Waals surface area contributed by atoms with Crippen LogP contribution in [-0.4, -0.2) is 31.7 Å². The number of anilines is 7. The van der Waals surface area contributed by atoms with Gasteiger partial charge in [0.1, 0.15) is 12.0 Å². The molecule has 0 aliphatic carbocycles. The fraction of sp³-hybridized carbons (Fsp3) is 0.0263. The van der Waals surface area contributed by atoms with E-state index in [-0.39, 0.29) is 0 Å². The summed E-state index contributed by atoms with van der Waals surface area (Å²) < 4.78 is 7.07. The van der Waals surface area contributed by atoms with Crippen molar-refractivity contribution in [3.63, 3.8) is 0 Å². The highest BCUT2D eigenvalue weighted by Crippen LogP contribution is 2.43. The number of hydrogen-bond acceptors (Lipinski definition) is 5. The number of fused-ring (bicyclic) bond motifs is 9. The topological polar surface area (TPSA) is 49.2 Å². The molecular weight excluding hydrogens is 1020 g/mol. The van der Waals surface area contributed by atoms with E-state index < -0.39 is 6.17 Å². The molecule has 84 heavy (non-hydrogen) atoms. The predicted molar refractivity (Wildman–Crippen MR) is 352 cm³/mol. The molecule has 398 valence electrons. The molecular formula is C76H54N8. The lowest BCUT2D eigenvalue weighted by atomic mass is 10.1. The normalized spacial score (nSPS) is 13.5. The van der Waals surface area contributed by atoms with E-state index in [1.807, 2.05) is 0 Å². The molecule has 8 heteroatoms. The first kappa shape index (κ1) is 48.7. The summed E-state index contributed by atoms with van der Waals surface area (Å²) in [5.74, 6) is 1.43. The summed E-state index contributed by atoms with van der Waals surface area (Å²) >= 11 is 0. The lowest BCUT2D eigenvalue weighted by Gasteiger charge is -2.37. The zero-order valence-electron chi connectivity index (χ0n) is 45.8. The van der Waals surface area contributed by atoms with Crippen LogP contribution < -0.4 is 14.7 Å². The Labute approximate surface area is 486 Å². The molecule has 0 saturated carbocycles. The third-order valence-electron chi connectivity index (χ3n) is 16.5. The van der Waals surface area contributed by atoms with Crippen molar-refractivity contribution in [3.05, 3.63) is 309 Å². The second-order valence-electron chi connectivity index (χ2n) is 21.4. The van der Waals surface area contributed by atoms with Gasteiger partial charge in [-0.15, -0.1) is 0 Å². The fourth-order valence-electron chi connectivity index (χ4n) is 12.9. The number of rotatable bonds is 10. The quantitative estimate of drug-likeness (QED) is 0.137. The molecule has 1 atom stereocenters. The van der Waals surface area contributed by atoms with E-state index in [4.69, 9.17) is 9.98 Å². The summed E-state index contributed by atoms with van der Waals surface area (Å²) in [5.41, 5.74) is 15.9. The number of para-hydroxylation sites is 9. The van der Waals surface area contributed by atoms with Gasteiger partial charge in [-0.2, -0.15) is 4.99 Å².